The van der Waals surface area contributed by atoms with E-state index in [1.807, 2.05) is 38.1 Å². The van der Waals surface area contributed by atoms with Crippen molar-refractivity contribution in [3.05, 3.63) is 29.8 Å². The minimum absolute atomic E-state index is 0.251. The fourth-order valence-electron chi connectivity index (χ4n) is 1.22. The SMILES string of the molecule is CC.CC(=O)OCc1ccc(NC(C)C)cc1. The van der Waals surface area contributed by atoms with Gasteiger partial charge in [-0.2, -0.15) is 0 Å². The molecule has 0 aliphatic rings. The lowest BCUT2D eigenvalue weighted by atomic mass is 10.2. The summed E-state index contributed by atoms with van der Waals surface area (Å²) < 4.78 is 4.89. The number of esters is 1. The van der Waals surface area contributed by atoms with Crippen LogP contribution in [0.2, 0.25) is 0 Å². The van der Waals surface area contributed by atoms with Gasteiger partial charge >= 0.3 is 5.97 Å². The molecule has 0 spiro atoms. The lowest BCUT2D eigenvalue weighted by Gasteiger charge is -2.10. The second-order valence-electron chi connectivity index (χ2n) is 3.78. The zero-order chi connectivity index (χ0) is 13.3. The van der Waals surface area contributed by atoms with Crippen molar-refractivity contribution in [3.8, 4) is 0 Å². The third-order valence-corrected chi connectivity index (χ3v) is 1.85. The molecule has 0 aliphatic carbocycles. The van der Waals surface area contributed by atoms with Crippen LogP contribution in [0, 0.1) is 0 Å². The lowest BCUT2D eigenvalue weighted by Crippen LogP contribution is -2.09. The van der Waals surface area contributed by atoms with E-state index in [4.69, 9.17) is 4.74 Å². The van der Waals surface area contributed by atoms with E-state index < -0.39 is 0 Å². The molecule has 1 rings (SSSR count). The van der Waals surface area contributed by atoms with Crippen LogP contribution < -0.4 is 5.32 Å². The Hall–Kier alpha value is -1.51. The van der Waals surface area contributed by atoms with Gasteiger partial charge in [-0.25, -0.2) is 0 Å². The molecule has 3 nitrogen and oxygen atoms in total. The maximum absolute atomic E-state index is 10.6. The summed E-state index contributed by atoms with van der Waals surface area (Å²) in [7, 11) is 0. The number of anilines is 1. The number of nitrogens with one attached hydrogen (secondary N) is 1. The molecule has 0 radical (unpaired) electrons. The number of ether oxygens (including phenoxy) is 1. The number of rotatable bonds is 4. The van der Waals surface area contributed by atoms with Crippen molar-refractivity contribution in [1.29, 1.82) is 0 Å². The molecule has 1 N–H and O–H groups in total. The highest BCUT2D eigenvalue weighted by atomic mass is 16.5. The lowest BCUT2D eigenvalue weighted by molar-refractivity contribution is -0.142. The average Bonchev–Trinajstić information content (AvgIpc) is 2.30. The van der Waals surface area contributed by atoms with Gasteiger partial charge in [0.2, 0.25) is 0 Å². The predicted molar refractivity (Wildman–Crippen MR) is 72.0 cm³/mol. The van der Waals surface area contributed by atoms with E-state index in [2.05, 4.69) is 19.2 Å². The molecule has 0 aliphatic heterocycles. The number of carbonyl (C=O) groups is 1. The Labute approximate surface area is 104 Å². The van der Waals surface area contributed by atoms with E-state index in [9.17, 15) is 4.79 Å². The quantitative estimate of drug-likeness (QED) is 0.813. The van der Waals surface area contributed by atoms with Crippen LogP contribution in [0.1, 0.15) is 40.2 Å². The fourth-order valence-corrected chi connectivity index (χ4v) is 1.22. The van der Waals surface area contributed by atoms with Crippen LogP contribution in [0.4, 0.5) is 5.69 Å². The largest absolute Gasteiger partial charge is 0.461 e. The van der Waals surface area contributed by atoms with Crippen molar-refractivity contribution in [2.24, 2.45) is 0 Å². The zero-order valence-electron chi connectivity index (χ0n) is 11.4. The molecule has 0 bridgehead atoms. The van der Waals surface area contributed by atoms with Crippen molar-refractivity contribution in [1.82, 2.24) is 0 Å². The molecule has 0 saturated carbocycles. The Balaban J connectivity index is 0.00000121. The van der Waals surface area contributed by atoms with Gasteiger partial charge in [-0.15, -0.1) is 0 Å². The van der Waals surface area contributed by atoms with Crippen molar-refractivity contribution in [2.75, 3.05) is 5.32 Å². The Bertz CT molecular complexity index is 317. The van der Waals surface area contributed by atoms with Gasteiger partial charge in [0.05, 0.1) is 0 Å². The maximum Gasteiger partial charge on any atom is 0.302 e. The second kappa shape index (κ2) is 8.62. The van der Waals surface area contributed by atoms with E-state index in [0.29, 0.717) is 12.6 Å². The van der Waals surface area contributed by atoms with Gasteiger partial charge in [-0.3, -0.25) is 4.79 Å². The summed E-state index contributed by atoms with van der Waals surface area (Å²) in [4.78, 5) is 10.6. The summed E-state index contributed by atoms with van der Waals surface area (Å²) in [6.45, 7) is 9.94. The van der Waals surface area contributed by atoms with Gasteiger partial charge in [0, 0.05) is 18.7 Å². The molecule has 1 aromatic rings. The molecule has 0 aromatic heterocycles. The highest BCUT2D eigenvalue weighted by molar-refractivity contribution is 5.65. The first kappa shape index (κ1) is 15.5. The van der Waals surface area contributed by atoms with Crippen LogP contribution in [-0.4, -0.2) is 12.0 Å². The zero-order valence-corrected chi connectivity index (χ0v) is 11.4. The van der Waals surface area contributed by atoms with Gasteiger partial charge < -0.3 is 10.1 Å². The molecule has 0 heterocycles. The maximum atomic E-state index is 10.6. The predicted octanol–water partition coefficient (Wildman–Crippen LogP) is 3.60. The van der Waals surface area contributed by atoms with Crippen molar-refractivity contribution < 1.29 is 9.53 Å². The summed E-state index contributed by atoms with van der Waals surface area (Å²) in [6.07, 6.45) is 0. The van der Waals surface area contributed by atoms with Crippen molar-refractivity contribution >= 4 is 11.7 Å². The molecule has 0 fully saturated rings. The van der Waals surface area contributed by atoms with Gasteiger partial charge in [-0.05, 0) is 31.5 Å². The van der Waals surface area contributed by atoms with Crippen LogP contribution in [-0.2, 0) is 16.1 Å². The monoisotopic (exact) mass is 237 g/mol. The molecule has 0 unspecified atom stereocenters. The molecule has 1 aromatic carbocycles. The third kappa shape index (κ3) is 7.39. The minimum atomic E-state index is -0.251. The molecule has 3 heteroatoms. The fraction of sp³-hybridized carbons (Fsp3) is 0.500. The highest BCUT2D eigenvalue weighted by Gasteiger charge is 1.98. The van der Waals surface area contributed by atoms with Gasteiger partial charge in [0.25, 0.3) is 0 Å². The number of carbonyl (C=O) groups excluding carboxylic acids is 1. The van der Waals surface area contributed by atoms with Crippen molar-refractivity contribution in [3.63, 3.8) is 0 Å². The topological polar surface area (TPSA) is 38.3 Å². The minimum Gasteiger partial charge on any atom is -0.461 e. The second-order valence-corrected chi connectivity index (χ2v) is 3.78. The van der Waals surface area contributed by atoms with Gasteiger partial charge in [0.1, 0.15) is 6.61 Å². The Morgan fingerprint density at radius 3 is 2.18 bits per heavy atom. The molecule has 0 saturated heterocycles. The molecule has 0 atom stereocenters. The molecule has 0 amide bonds. The highest BCUT2D eigenvalue weighted by Crippen LogP contribution is 2.11. The standard InChI is InChI=1S/C12H17NO2.C2H6/c1-9(2)13-12-6-4-11(5-7-12)8-15-10(3)14;1-2/h4-7,9,13H,8H2,1-3H3;1-2H3. The summed E-state index contributed by atoms with van der Waals surface area (Å²) >= 11 is 0. The molecular formula is C14H23NO2. The van der Waals surface area contributed by atoms with Crippen LogP contribution in [0.5, 0.6) is 0 Å². The summed E-state index contributed by atoms with van der Waals surface area (Å²) in [5.41, 5.74) is 2.08. The van der Waals surface area contributed by atoms with Crippen LogP contribution >= 0.6 is 0 Å². The molecule has 96 valence electrons. The Kier molecular flexibility index (Phi) is 7.85. The average molecular weight is 237 g/mol. The Morgan fingerprint density at radius 1 is 1.24 bits per heavy atom. The van der Waals surface area contributed by atoms with Crippen LogP contribution in [0.15, 0.2) is 24.3 Å². The number of hydrogen-bond donors (Lipinski definition) is 1. The first-order chi connectivity index (χ1) is 8.08. The van der Waals surface area contributed by atoms with E-state index in [-0.39, 0.29) is 5.97 Å². The van der Waals surface area contributed by atoms with E-state index in [1.165, 1.54) is 6.92 Å². The van der Waals surface area contributed by atoms with E-state index in [1.54, 1.807) is 0 Å². The van der Waals surface area contributed by atoms with Gasteiger partial charge in [-0.1, -0.05) is 26.0 Å². The van der Waals surface area contributed by atoms with Crippen molar-refractivity contribution in [2.45, 2.75) is 47.3 Å². The summed E-state index contributed by atoms with van der Waals surface area (Å²) in [5, 5.41) is 3.29. The van der Waals surface area contributed by atoms with Crippen LogP contribution in [0.3, 0.4) is 0 Å². The van der Waals surface area contributed by atoms with E-state index >= 15 is 0 Å². The number of hydrogen-bond acceptors (Lipinski definition) is 3. The Morgan fingerprint density at radius 2 is 1.76 bits per heavy atom. The first-order valence-electron chi connectivity index (χ1n) is 6.07. The smallest absolute Gasteiger partial charge is 0.302 e. The third-order valence-electron chi connectivity index (χ3n) is 1.85. The first-order valence-corrected chi connectivity index (χ1v) is 6.07. The number of benzene rings is 1. The summed E-state index contributed by atoms with van der Waals surface area (Å²) in [5.74, 6) is -0.251. The summed E-state index contributed by atoms with van der Waals surface area (Å²) in [6, 6.07) is 8.29. The molecular weight excluding hydrogens is 214 g/mol. The molecule has 17 heavy (non-hydrogen) atoms. The van der Waals surface area contributed by atoms with Gasteiger partial charge in [0.15, 0.2) is 0 Å². The normalized spacial score (nSPS) is 9.29. The van der Waals surface area contributed by atoms with Crippen LogP contribution in [0.25, 0.3) is 0 Å². The van der Waals surface area contributed by atoms with E-state index in [0.717, 1.165) is 11.3 Å².